The molecule has 0 unspecified atom stereocenters. The van der Waals surface area contributed by atoms with E-state index in [2.05, 4.69) is 26.1 Å². The van der Waals surface area contributed by atoms with E-state index in [9.17, 15) is 4.79 Å². The first-order valence-corrected chi connectivity index (χ1v) is 9.99. The molecule has 0 bridgehead atoms. The predicted molar refractivity (Wildman–Crippen MR) is 116 cm³/mol. The van der Waals surface area contributed by atoms with Crippen LogP contribution in [0.1, 0.15) is 58.2 Å². The summed E-state index contributed by atoms with van der Waals surface area (Å²) in [5, 5.41) is 3.03. The number of amides is 1. The lowest BCUT2D eigenvalue weighted by molar-refractivity contribution is -0.128. The fourth-order valence-corrected chi connectivity index (χ4v) is 3.08. The third-order valence-corrected chi connectivity index (χ3v) is 4.92. The van der Waals surface area contributed by atoms with Crippen molar-refractivity contribution in [3.63, 3.8) is 0 Å². The van der Waals surface area contributed by atoms with Crippen molar-refractivity contribution in [2.75, 3.05) is 14.2 Å². The van der Waals surface area contributed by atoms with Gasteiger partial charge in [0.1, 0.15) is 17.2 Å². The van der Waals surface area contributed by atoms with Crippen LogP contribution in [0.4, 0.5) is 0 Å². The van der Waals surface area contributed by atoms with E-state index in [0.717, 1.165) is 5.56 Å². The smallest absolute Gasteiger partial charge is 0.261 e. The van der Waals surface area contributed by atoms with Crippen LogP contribution in [0.25, 0.3) is 0 Å². The highest BCUT2D eigenvalue weighted by Gasteiger charge is 2.23. The van der Waals surface area contributed by atoms with Crippen molar-refractivity contribution >= 4 is 5.91 Å². The minimum atomic E-state index is -0.575. The zero-order valence-corrected chi connectivity index (χ0v) is 18.5. The molecule has 0 aromatic heterocycles. The molecule has 0 aliphatic rings. The standard InChI is InChI=1S/C24H33NO4/c1-8-21(29-18-11-9-17(10-12-18)24(3,4)5)23(26)25-16(2)20-15-19(27-6)13-14-22(20)28-7/h9-16,21H,8H2,1-7H3,(H,25,26)/t16-,21+/m1/s1. The molecule has 0 spiro atoms. The van der Waals surface area contributed by atoms with E-state index in [0.29, 0.717) is 23.7 Å². The number of ether oxygens (including phenoxy) is 3. The van der Waals surface area contributed by atoms with Gasteiger partial charge in [-0.3, -0.25) is 4.79 Å². The minimum absolute atomic E-state index is 0.0747. The fourth-order valence-electron chi connectivity index (χ4n) is 3.08. The monoisotopic (exact) mass is 399 g/mol. The first-order valence-electron chi connectivity index (χ1n) is 9.99. The van der Waals surface area contributed by atoms with E-state index < -0.39 is 6.10 Å². The number of benzene rings is 2. The average molecular weight is 400 g/mol. The second kappa shape index (κ2) is 9.68. The maximum atomic E-state index is 12.8. The molecule has 1 amide bonds. The van der Waals surface area contributed by atoms with Crippen LogP contribution < -0.4 is 19.5 Å². The van der Waals surface area contributed by atoms with Crippen molar-refractivity contribution in [3.05, 3.63) is 53.6 Å². The first-order chi connectivity index (χ1) is 13.7. The number of nitrogens with one attached hydrogen (secondary N) is 1. The molecular formula is C24H33NO4. The number of rotatable bonds is 8. The molecule has 5 heteroatoms. The molecule has 0 aliphatic carbocycles. The third-order valence-electron chi connectivity index (χ3n) is 4.92. The summed E-state index contributed by atoms with van der Waals surface area (Å²) in [6, 6.07) is 13.2. The van der Waals surface area contributed by atoms with Gasteiger partial charge in [0, 0.05) is 5.56 Å². The molecule has 29 heavy (non-hydrogen) atoms. The van der Waals surface area contributed by atoms with Gasteiger partial charge in [0.2, 0.25) is 0 Å². The van der Waals surface area contributed by atoms with E-state index in [1.807, 2.05) is 56.3 Å². The summed E-state index contributed by atoms with van der Waals surface area (Å²) in [7, 11) is 3.22. The molecule has 1 N–H and O–H groups in total. The van der Waals surface area contributed by atoms with Gasteiger partial charge in [-0.25, -0.2) is 0 Å². The lowest BCUT2D eigenvalue weighted by atomic mass is 9.87. The maximum absolute atomic E-state index is 12.8. The number of hydrogen-bond acceptors (Lipinski definition) is 4. The summed E-state index contributed by atoms with van der Waals surface area (Å²) in [5.41, 5.74) is 2.15. The number of methoxy groups -OCH3 is 2. The van der Waals surface area contributed by atoms with Crippen LogP contribution in [0.2, 0.25) is 0 Å². The summed E-state index contributed by atoms with van der Waals surface area (Å²) < 4.78 is 16.7. The molecule has 0 saturated carbocycles. The van der Waals surface area contributed by atoms with Crippen LogP contribution in [-0.2, 0) is 10.2 Å². The normalized spacial score (nSPS) is 13.3. The molecule has 2 rings (SSSR count). The van der Waals surface area contributed by atoms with Gasteiger partial charge in [-0.1, -0.05) is 39.8 Å². The highest BCUT2D eigenvalue weighted by molar-refractivity contribution is 5.81. The molecule has 0 heterocycles. The Kier molecular flexibility index (Phi) is 7.54. The van der Waals surface area contributed by atoms with Crippen LogP contribution >= 0.6 is 0 Å². The van der Waals surface area contributed by atoms with Gasteiger partial charge in [-0.15, -0.1) is 0 Å². The predicted octanol–water partition coefficient (Wildman–Crippen LogP) is 5.04. The summed E-state index contributed by atoms with van der Waals surface area (Å²) in [6.07, 6.45) is -0.0102. The summed E-state index contributed by atoms with van der Waals surface area (Å²) in [4.78, 5) is 12.8. The Morgan fingerprint density at radius 2 is 1.62 bits per heavy atom. The summed E-state index contributed by atoms with van der Waals surface area (Å²) in [5.74, 6) is 1.94. The largest absolute Gasteiger partial charge is 0.497 e. The van der Waals surface area contributed by atoms with Gasteiger partial charge >= 0.3 is 0 Å². The SMILES string of the molecule is CC[C@H](Oc1ccc(C(C)(C)C)cc1)C(=O)N[C@H](C)c1cc(OC)ccc1OC. The molecule has 0 saturated heterocycles. The van der Waals surface area contributed by atoms with E-state index in [4.69, 9.17) is 14.2 Å². The lowest BCUT2D eigenvalue weighted by Crippen LogP contribution is -2.39. The zero-order valence-electron chi connectivity index (χ0n) is 18.5. The van der Waals surface area contributed by atoms with Gasteiger partial charge in [0.05, 0.1) is 20.3 Å². The topological polar surface area (TPSA) is 56.8 Å². The van der Waals surface area contributed by atoms with Crippen LogP contribution in [0.5, 0.6) is 17.2 Å². The van der Waals surface area contributed by atoms with Crippen molar-refractivity contribution < 1.29 is 19.0 Å². The molecule has 0 aliphatic heterocycles. The molecule has 2 atom stereocenters. The quantitative estimate of drug-likeness (QED) is 0.676. The second-order valence-electron chi connectivity index (χ2n) is 8.13. The first kappa shape index (κ1) is 22.6. The van der Waals surface area contributed by atoms with Crippen LogP contribution in [0.3, 0.4) is 0 Å². The molecule has 2 aromatic rings. The Bertz CT molecular complexity index is 809. The van der Waals surface area contributed by atoms with E-state index in [-0.39, 0.29) is 17.4 Å². The summed E-state index contributed by atoms with van der Waals surface area (Å²) in [6.45, 7) is 10.3. The van der Waals surface area contributed by atoms with Crippen molar-refractivity contribution in [1.82, 2.24) is 5.32 Å². The third kappa shape index (κ3) is 5.89. The molecule has 158 valence electrons. The minimum Gasteiger partial charge on any atom is -0.497 e. The maximum Gasteiger partial charge on any atom is 0.261 e. The van der Waals surface area contributed by atoms with Gasteiger partial charge in [-0.05, 0) is 54.7 Å². The molecular weight excluding hydrogens is 366 g/mol. The van der Waals surface area contributed by atoms with Crippen LogP contribution in [0, 0.1) is 0 Å². The number of carbonyl (C=O) groups is 1. The summed E-state index contributed by atoms with van der Waals surface area (Å²) >= 11 is 0. The number of hydrogen-bond donors (Lipinski definition) is 1. The van der Waals surface area contributed by atoms with Crippen molar-refractivity contribution in [2.45, 2.75) is 58.6 Å². The van der Waals surface area contributed by atoms with Crippen molar-refractivity contribution in [3.8, 4) is 17.2 Å². The Labute approximate surface area is 174 Å². The fraction of sp³-hybridized carbons (Fsp3) is 0.458. The highest BCUT2D eigenvalue weighted by Crippen LogP contribution is 2.29. The van der Waals surface area contributed by atoms with Crippen LogP contribution in [-0.4, -0.2) is 26.2 Å². The average Bonchev–Trinajstić information content (AvgIpc) is 2.70. The Morgan fingerprint density at radius 3 is 2.14 bits per heavy atom. The van der Waals surface area contributed by atoms with Crippen LogP contribution in [0.15, 0.2) is 42.5 Å². The van der Waals surface area contributed by atoms with Gasteiger partial charge in [0.15, 0.2) is 6.10 Å². The van der Waals surface area contributed by atoms with Gasteiger partial charge < -0.3 is 19.5 Å². The second-order valence-corrected chi connectivity index (χ2v) is 8.13. The molecule has 2 aromatic carbocycles. The molecule has 5 nitrogen and oxygen atoms in total. The van der Waals surface area contributed by atoms with Gasteiger partial charge in [0.25, 0.3) is 5.91 Å². The van der Waals surface area contributed by atoms with Gasteiger partial charge in [-0.2, -0.15) is 0 Å². The Hall–Kier alpha value is -2.69. The number of carbonyl (C=O) groups excluding carboxylic acids is 1. The van der Waals surface area contributed by atoms with E-state index >= 15 is 0 Å². The van der Waals surface area contributed by atoms with E-state index in [1.165, 1.54) is 5.56 Å². The lowest BCUT2D eigenvalue weighted by Gasteiger charge is -2.23. The Balaban J connectivity index is 2.10. The van der Waals surface area contributed by atoms with E-state index in [1.54, 1.807) is 14.2 Å². The van der Waals surface area contributed by atoms with Crippen molar-refractivity contribution in [2.24, 2.45) is 0 Å². The molecule has 0 radical (unpaired) electrons. The van der Waals surface area contributed by atoms with Crippen molar-refractivity contribution in [1.29, 1.82) is 0 Å². The molecule has 0 fully saturated rings. The Morgan fingerprint density at radius 1 is 1.00 bits per heavy atom. The zero-order chi connectivity index (χ0) is 21.6. The highest BCUT2D eigenvalue weighted by atomic mass is 16.5.